The zero-order valence-corrected chi connectivity index (χ0v) is 14.8. The fourth-order valence-electron chi connectivity index (χ4n) is 3.46. The van der Waals surface area contributed by atoms with Crippen molar-refractivity contribution in [2.75, 3.05) is 5.32 Å². The number of benzene rings is 1. The quantitative estimate of drug-likeness (QED) is 0.596. The van der Waals surface area contributed by atoms with Crippen molar-refractivity contribution in [1.82, 2.24) is 14.6 Å². The highest BCUT2D eigenvalue weighted by Crippen LogP contribution is 2.26. The van der Waals surface area contributed by atoms with Gasteiger partial charge in [0.2, 0.25) is 0 Å². The monoisotopic (exact) mass is 360 g/mol. The number of carbonyl (C=O) groups is 1. The van der Waals surface area contributed by atoms with E-state index >= 15 is 0 Å². The summed E-state index contributed by atoms with van der Waals surface area (Å²) in [7, 11) is 0. The number of nitrogens with one attached hydrogen (secondary N) is 1. The molecule has 0 fully saturated rings. The number of anilines is 1. The Morgan fingerprint density at radius 3 is 2.92 bits per heavy atom. The van der Waals surface area contributed by atoms with Gasteiger partial charge in [0.1, 0.15) is 0 Å². The van der Waals surface area contributed by atoms with Crippen LogP contribution in [0, 0.1) is 0 Å². The van der Waals surface area contributed by atoms with Crippen molar-refractivity contribution in [2.24, 2.45) is 0 Å². The molecule has 26 heavy (non-hydrogen) atoms. The number of carbonyl (C=O) groups excluding carboxylic acids is 1. The molecule has 0 unspecified atom stereocenters. The van der Waals surface area contributed by atoms with E-state index in [1.807, 2.05) is 29.6 Å². The maximum atomic E-state index is 12.7. The molecule has 3 heterocycles. The van der Waals surface area contributed by atoms with Crippen molar-refractivity contribution in [3.05, 3.63) is 70.9 Å². The summed E-state index contributed by atoms with van der Waals surface area (Å²) in [5.41, 5.74) is 5.50. The van der Waals surface area contributed by atoms with E-state index in [4.69, 9.17) is 0 Å². The van der Waals surface area contributed by atoms with Gasteiger partial charge >= 0.3 is 0 Å². The molecule has 1 N–H and O–H groups in total. The molecule has 1 aliphatic carbocycles. The largest absolute Gasteiger partial charge is 0.321 e. The van der Waals surface area contributed by atoms with Crippen molar-refractivity contribution in [1.29, 1.82) is 0 Å². The average molecular weight is 360 g/mol. The molecule has 0 radical (unpaired) electrons. The number of amides is 1. The van der Waals surface area contributed by atoms with Gasteiger partial charge in [0.25, 0.3) is 5.91 Å². The topological polar surface area (TPSA) is 59.3 Å². The van der Waals surface area contributed by atoms with Crippen LogP contribution in [-0.2, 0) is 12.8 Å². The van der Waals surface area contributed by atoms with Gasteiger partial charge in [-0.3, -0.25) is 4.79 Å². The lowest BCUT2D eigenvalue weighted by molar-refractivity contribution is 0.102. The molecule has 1 amide bonds. The van der Waals surface area contributed by atoms with Crippen LogP contribution in [0.15, 0.2) is 54.0 Å². The number of aromatic nitrogens is 3. The molecule has 128 valence electrons. The van der Waals surface area contributed by atoms with E-state index in [1.165, 1.54) is 17.5 Å². The van der Waals surface area contributed by atoms with E-state index in [0.717, 1.165) is 29.1 Å². The van der Waals surface area contributed by atoms with Gasteiger partial charge in [-0.25, -0.2) is 9.50 Å². The third kappa shape index (κ3) is 2.59. The van der Waals surface area contributed by atoms with Crippen LogP contribution in [0.3, 0.4) is 0 Å². The lowest BCUT2D eigenvalue weighted by Gasteiger charge is -2.06. The summed E-state index contributed by atoms with van der Waals surface area (Å²) < 4.78 is 1.73. The predicted molar refractivity (Wildman–Crippen MR) is 103 cm³/mol. The zero-order chi connectivity index (χ0) is 17.5. The second kappa shape index (κ2) is 6.07. The Kier molecular flexibility index (Phi) is 3.57. The molecule has 0 aliphatic heterocycles. The first-order valence-corrected chi connectivity index (χ1v) is 9.48. The maximum Gasteiger partial charge on any atom is 0.276 e. The molecule has 6 heteroatoms. The first kappa shape index (κ1) is 15.3. The molecule has 3 aromatic heterocycles. The molecular weight excluding hydrogens is 344 g/mol. The number of fused-ring (bicyclic) bond motifs is 2. The van der Waals surface area contributed by atoms with Gasteiger partial charge in [0, 0.05) is 18.0 Å². The molecule has 0 bridgehead atoms. The highest BCUT2D eigenvalue weighted by Gasteiger charge is 2.16. The number of thiophene rings is 1. The summed E-state index contributed by atoms with van der Waals surface area (Å²) in [6.07, 6.45) is 5.15. The van der Waals surface area contributed by atoms with Crippen molar-refractivity contribution in [2.45, 2.75) is 19.3 Å². The van der Waals surface area contributed by atoms with Crippen molar-refractivity contribution < 1.29 is 4.79 Å². The van der Waals surface area contributed by atoms with Gasteiger partial charge in [-0.05, 0) is 60.0 Å². The molecule has 5 nitrogen and oxygen atoms in total. The van der Waals surface area contributed by atoms with Gasteiger partial charge in [-0.2, -0.15) is 5.10 Å². The Hall–Kier alpha value is -2.99. The first-order chi connectivity index (χ1) is 12.8. The van der Waals surface area contributed by atoms with Crippen LogP contribution in [0.4, 0.5) is 5.69 Å². The SMILES string of the molecule is O=C(Nc1ccc2c(c1)CCC2)c1cc2nccc(-c3cccs3)n2n1. The van der Waals surface area contributed by atoms with E-state index in [0.29, 0.717) is 11.3 Å². The van der Waals surface area contributed by atoms with Crippen molar-refractivity contribution in [3.63, 3.8) is 0 Å². The maximum absolute atomic E-state index is 12.7. The summed E-state index contributed by atoms with van der Waals surface area (Å²) in [6.45, 7) is 0. The van der Waals surface area contributed by atoms with Crippen LogP contribution in [0.25, 0.3) is 16.2 Å². The number of aryl methyl sites for hydroxylation is 2. The predicted octanol–water partition coefficient (Wildman–Crippen LogP) is 4.20. The number of hydrogen-bond donors (Lipinski definition) is 1. The zero-order valence-electron chi connectivity index (χ0n) is 14.0. The molecule has 0 spiro atoms. The van der Waals surface area contributed by atoms with Gasteiger partial charge in [-0.1, -0.05) is 12.1 Å². The molecule has 4 aromatic rings. The standard InChI is InChI=1S/C20H16N4OS/c25-20(22-15-7-6-13-3-1-4-14(13)11-15)16-12-19-21-9-8-17(24(19)23-16)18-5-2-10-26-18/h2,5-12H,1,3-4H2,(H,22,25). The smallest absolute Gasteiger partial charge is 0.276 e. The van der Waals surface area contributed by atoms with E-state index < -0.39 is 0 Å². The third-order valence-electron chi connectivity index (χ3n) is 4.72. The fourth-order valence-corrected chi connectivity index (χ4v) is 4.20. The van der Waals surface area contributed by atoms with Crippen LogP contribution in [0.2, 0.25) is 0 Å². The lowest BCUT2D eigenvalue weighted by atomic mass is 10.1. The third-order valence-corrected chi connectivity index (χ3v) is 5.61. The highest BCUT2D eigenvalue weighted by atomic mass is 32.1. The Bertz CT molecular complexity index is 1110. The van der Waals surface area contributed by atoms with Gasteiger partial charge in [0.05, 0.1) is 10.6 Å². The minimum absolute atomic E-state index is 0.217. The molecule has 1 aliphatic rings. The Balaban J connectivity index is 1.47. The highest BCUT2D eigenvalue weighted by molar-refractivity contribution is 7.13. The number of hydrogen-bond acceptors (Lipinski definition) is 4. The lowest BCUT2D eigenvalue weighted by Crippen LogP contribution is -2.13. The van der Waals surface area contributed by atoms with Crippen molar-refractivity contribution >= 4 is 28.6 Å². The van der Waals surface area contributed by atoms with Crippen LogP contribution in [0.1, 0.15) is 28.0 Å². The van der Waals surface area contributed by atoms with Gasteiger partial charge in [0.15, 0.2) is 11.3 Å². The van der Waals surface area contributed by atoms with Crippen molar-refractivity contribution in [3.8, 4) is 10.6 Å². The summed E-state index contributed by atoms with van der Waals surface area (Å²) in [5, 5.41) is 9.47. The van der Waals surface area contributed by atoms with Gasteiger partial charge in [-0.15, -0.1) is 11.3 Å². The van der Waals surface area contributed by atoms with E-state index in [9.17, 15) is 4.79 Å². The van der Waals surface area contributed by atoms with E-state index in [-0.39, 0.29) is 5.91 Å². The summed E-state index contributed by atoms with van der Waals surface area (Å²) in [5.74, 6) is -0.217. The molecule has 1 aromatic carbocycles. The molecular formula is C20H16N4OS. The molecule has 5 rings (SSSR count). The Morgan fingerprint density at radius 1 is 1.12 bits per heavy atom. The summed E-state index contributed by atoms with van der Waals surface area (Å²) in [6, 6.07) is 13.8. The summed E-state index contributed by atoms with van der Waals surface area (Å²) >= 11 is 1.63. The first-order valence-electron chi connectivity index (χ1n) is 8.60. The average Bonchev–Trinajstić information content (AvgIpc) is 3.39. The van der Waals surface area contributed by atoms with Crippen LogP contribution in [0.5, 0.6) is 0 Å². The normalized spacial score (nSPS) is 13.1. The minimum atomic E-state index is -0.217. The second-order valence-corrected chi connectivity index (χ2v) is 7.35. The van der Waals surface area contributed by atoms with E-state index in [1.54, 1.807) is 28.1 Å². The molecule has 0 saturated heterocycles. The molecule has 0 atom stereocenters. The van der Waals surface area contributed by atoms with E-state index in [2.05, 4.69) is 27.5 Å². The Labute approximate surface area is 154 Å². The second-order valence-electron chi connectivity index (χ2n) is 6.40. The van der Waals surface area contributed by atoms with Crippen LogP contribution < -0.4 is 5.32 Å². The number of nitrogens with zero attached hydrogens (tertiary/aromatic N) is 3. The number of rotatable bonds is 3. The minimum Gasteiger partial charge on any atom is -0.321 e. The van der Waals surface area contributed by atoms with Gasteiger partial charge < -0.3 is 5.32 Å². The summed E-state index contributed by atoms with van der Waals surface area (Å²) in [4.78, 5) is 18.1. The van der Waals surface area contributed by atoms with Crippen LogP contribution >= 0.6 is 11.3 Å². The fraction of sp³-hybridized carbons (Fsp3) is 0.150. The Morgan fingerprint density at radius 2 is 2.04 bits per heavy atom. The van der Waals surface area contributed by atoms with Crippen LogP contribution in [-0.4, -0.2) is 20.5 Å². The molecule has 0 saturated carbocycles.